The van der Waals surface area contributed by atoms with Crippen LogP contribution in [-0.4, -0.2) is 41.8 Å². The molecule has 2 aromatic rings. The lowest BCUT2D eigenvalue weighted by atomic mass is 10.1. The summed E-state index contributed by atoms with van der Waals surface area (Å²) in [5, 5.41) is -0.421. The van der Waals surface area contributed by atoms with Gasteiger partial charge < -0.3 is 9.47 Å². The van der Waals surface area contributed by atoms with Crippen LogP contribution in [0.2, 0.25) is 0 Å². The van der Waals surface area contributed by atoms with Crippen molar-refractivity contribution in [3.63, 3.8) is 0 Å². The Morgan fingerprint density at radius 1 is 0.960 bits per heavy atom. The second-order valence-electron chi connectivity index (χ2n) is 5.59. The molecule has 0 radical (unpaired) electrons. The van der Waals surface area contributed by atoms with E-state index in [0.29, 0.717) is 11.1 Å². The van der Waals surface area contributed by atoms with Crippen molar-refractivity contribution in [2.75, 3.05) is 12.4 Å². The fraction of sp³-hybridized carbons (Fsp3) is 0.263. The molecule has 1 aliphatic rings. The molecule has 3 rings (SSSR count). The minimum atomic E-state index is -1.28. The number of ether oxygens (including phenoxy) is 2. The van der Waals surface area contributed by atoms with Gasteiger partial charge in [0.05, 0.1) is 16.4 Å². The molecule has 130 valence electrons. The maximum atomic E-state index is 14.1. The fourth-order valence-corrected chi connectivity index (χ4v) is 3.71. The van der Waals surface area contributed by atoms with Crippen molar-refractivity contribution in [2.45, 2.75) is 17.5 Å². The van der Waals surface area contributed by atoms with E-state index in [9.17, 15) is 14.0 Å². The van der Waals surface area contributed by atoms with Crippen molar-refractivity contribution < 1.29 is 23.5 Å². The van der Waals surface area contributed by atoms with Gasteiger partial charge in [0.25, 0.3) is 0 Å². The first-order valence-electron chi connectivity index (χ1n) is 7.89. The van der Waals surface area contributed by atoms with Gasteiger partial charge in [0.1, 0.15) is 18.9 Å². The third kappa shape index (κ3) is 4.39. The molecule has 0 unspecified atom stereocenters. The van der Waals surface area contributed by atoms with Crippen LogP contribution in [0, 0.1) is 0 Å². The molecule has 1 fully saturated rings. The van der Waals surface area contributed by atoms with Crippen LogP contribution in [0.1, 0.15) is 20.7 Å². The molecule has 4 nitrogen and oxygen atoms in total. The number of alkyl halides is 1. The Hall–Kier alpha value is -2.34. The van der Waals surface area contributed by atoms with Crippen LogP contribution in [0.15, 0.2) is 60.7 Å². The average molecular weight is 360 g/mol. The molecule has 3 atom stereocenters. The lowest BCUT2D eigenvalue weighted by Crippen LogP contribution is -2.35. The monoisotopic (exact) mass is 360 g/mol. The van der Waals surface area contributed by atoms with Gasteiger partial charge in [-0.15, -0.1) is 11.8 Å². The van der Waals surface area contributed by atoms with Gasteiger partial charge in [-0.2, -0.15) is 0 Å². The summed E-state index contributed by atoms with van der Waals surface area (Å²) >= 11 is 1.30. The van der Waals surface area contributed by atoms with E-state index < -0.39 is 29.5 Å². The first-order valence-corrected chi connectivity index (χ1v) is 8.94. The molecule has 0 saturated carbocycles. The maximum Gasteiger partial charge on any atom is 0.338 e. The summed E-state index contributed by atoms with van der Waals surface area (Å²) in [5.74, 6) is -0.841. The predicted octanol–water partition coefficient (Wildman–Crippen LogP) is 3.52. The largest absolute Gasteiger partial charge is 0.461 e. The normalized spacial score (nSPS) is 22.4. The van der Waals surface area contributed by atoms with Gasteiger partial charge in [0.2, 0.25) is 0 Å². The number of benzene rings is 2. The number of carbonyl (C=O) groups excluding carboxylic acids is 2. The fourth-order valence-electron chi connectivity index (χ4n) is 2.51. The second kappa shape index (κ2) is 8.16. The highest BCUT2D eigenvalue weighted by atomic mass is 32.2. The van der Waals surface area contributed by atoms with E-state index in [2.05, 4.69) is 0 Å². The number of halogens is 1. The van der Waals surface area contributed by atoms with Crippen molar-refractivity contribution in [1.82, 2.24) is 0 Å². The molecule has 2 aromatic carbocycles. The summed E-state index contributed by atoms with van der Waals surface area (Å²) in [6.45, 7) is -0.00838. The number of thioether (sulfide) groups is 1. The van der Waals surface area contributed by atoms with E-state index in [0.717, 1.165) is 0 Å². The van der Waals surface area contributed by atoms with E-state index in [1.54, 1.807) is 60.7 Å². The zero-order chi connectivity index (χ0) is 17.6. The molecule has 0 N–H and O–H groups in total. The number of hydrogen-bond acceptors (Lipinski definition) is 5. The first-order chi connectivity index (χ1) is 12.1. The third-order valence-electron chi connectivity index (χ3n) is 3.83. The van der Waals surface area contributed by atoms with E-state index in [1.807, 2.05) is 0 Å². The van der Waals surface area contributed by atoms with Crippen LogP contribution < -0.4 is 0 Å². The van der Waals surface area contributed by atoms with Gasteiger partial charge in [-0.05, 0) is 24.3 Å². The number of carbonyl (C=O) groups is 2. The second-order valence-corrected chi connectivity index (χ2v) is 6.86. The van der Waals surface area contributed by atoms with Gasteiger partial charge in [-0.1, -0.05) is 36.4 Å². The summed E-state index contributed by atoms with van der Waals surface area (Å²) in [5.41, 5.74) is 0.798. The van der Waals surface area contributed by atoms with E-state index in [4.69, 9.17) is 9.47 Å². The molecule has 1 saturated heterocycles. The van der Waals surface area contributed by atoms with Crippen LogP contribution in [-0.2, 0) is 9.47 Å². The first kappa shape index (κ1) is 17.5. The third-order valence-corrected chi connectivity index (χ3v) is 5.18. The van der Waals surface area contributed by atoms with E-state index >= 15 is 0 Å². The Kier molecular flexibility index (Phi) is 5.71. The standard InChI is InChI=1S/C19H17FO4S/c20-15-12-25-16(11-23-18(21)13-7-3-1-4-8-13)17(15)24-19(22)14-9-5-2-6-10-14/h1-10,15-17H,11-12H2/t15-,16-,17+/m1/s1. The Morgan fingerprint density at radius 3 is 2.12 bits per heavy atom. The Bertz CT molecular complexity index is 723. The Morgan fingerprint density at radius 2 is 1.52 bits per heavy atom. The summed E-state index contributed by atoms with van der Waals surface area (Å²) < 4.78 is 24.7. The SMILES string of the molecule is O=C(OC[C@H]1SC[C@@H](F)[C@@H]1OC(=O)c1ccccc1)c1ccccc1. The van der Waals surface area contributed by atoms with Gasteiger partial charge in [0, 0.05) is 5.75 Å². The summed E-state index contributed by atoms with van der Waals surface area (Å²) in [7, 11) is 0. The maximum absolute atomic E-state index is 14.1. The summed E-state index contributed by atoms with van der Waals surface area (Å²) in [6, 6.07) is 17.0. The van der Waals surface area contributed by atoms with E-state index in [1.165, 1.54) is 11.8 Å². The van der Waals surface area contributed by atoms with Crippen LogP contribution in [0.25, 0.3) is 0 Å². The molecular formula is C19H17FO4S. The molecule has 6 heteroatoms. The van der Waals surface area contributed by atoms with Crippen LogP contribution in [0.4, 0.5) is 4.39 Å². The average Bonchev–Trinajstić information content (AvgIpc) is 3.01. The van der Waals surface area contributed by atoms with Crippen molar-refractivity contribution in [1.29, 1.82) is 0 Å². The molecule has 1 aliphatic heterocycles. The quantitative estimate of drug-likeness (QED) is 0.764. The minimum absolute atomic E-state index is 0.00838. The molecule has 0 bridgehead atoms. The van der Waals surface area contributed by atoms with Gasteiger partial charge in [-0.3, -0.25) is 0 Å². The molecule has 1 heterocycles. The van der Waals surface area contributed by atoms with Gasteiger partial charge in [-0.25, -0.2) is 14.0 Å². The van der Waals surface area contributed by atoms with Crippen LogP contribution >= 0.6 is 11.8 Å². The van der Waals surface area contributed by atoms with Crippen molar-refractivity contribution >= 4 is 23.7 Å². The Labute approximate surface area is 149 Å². The Balaban J connectivity index is 1.59. The smallest absolute Gasteiger partial charge is 0.338 e. The van der Waals surface area contributed by atoms with Crippen molar-refractivity contribution in [2.24, 2.45) is 0 Å². The van der Waals surface area contributed by atoms with Crippen LogP contribution in [0.5, 0.6) is 0 Å². The van der Waals surface area contributed by atoms with Gasteiger partial charge >= 0.3 is 11.9 Å². The zero-order valence-corrected chi connectivity index (χ0v) is 14.2. The number of rotatable bonds is 5. The number of esters is 2. The molecule has 0 aromatic heterocycles. The molecule has 0 aliphatic carbocycles. The van der Waals surface area contributed by atoms with Gasteiger partial charge in [0.15, 0.2) is 0 Å². The molecular weight excluding hydrogens is 343 g/mol. The molecule has 0 spiro atoms. The molecule has 0 amide bonds. The summed E-state index contributed by atoms with van der Waals surface area (Å²) in [6.07, 6.45) is -2.21. The number of hydrogen-bond donors (Lipinski definition) is 0. The lowest BCUT2D eigenvalue weighted by molar-refractivity contribution is 0.00476. The zero-order valence-electron chi connectivity index (χ0n) is 13.3. The minimum Gasteiger partial charge on any atom is -0.461 e. The topological polar surface area (TPSA) is 52.6 Å². The summed E-state index contributed by atoms with van der Waals surface area (Å²) in [4.78, 5) is 24.1. The van der Waals surface area contributed by atoms with Crippen molar-refractivity contribution in [3.8, 4) is 0 Å². The van der Waals surface area contributed by atoms with Crippen LogP contribution in [0.3, 0.4) is 0 Å². The highest BCUT2D eigenvalue weighted by Crippen LogP contribution is 2.32. The molecule has 25 heavy (non-hydrogen) atoms. The highest BCUT2D eigenvalue weighted by molar-refractivity contribution is 8.00. The predicted molar refractivity (Wildman–Crippen MR) is 93.5 cm³/mol. The lowest BCUT2D eigenvalue weighted by Gasteiger charge is -2.20. The highest BCUT2D eigenvalue weighted by Gasteiger charge is 2.41. The van der Waals surface area contributed by atoms with E-state index in [-0.39, 0.29) is 12.4 Å². The van der Waals surface area contributed by atoms with Crippen molar-refractivity contribution in [3.05, 3.63) is 71.8 Å².